The maximum absolute atomic E-state index is 13.2. The van der Waals surface area contributed by atoms with E-state index in [2.05, 4.69) is 31.3 Å². The van der Waals surface area contributed by atoms with Crippen molar-refractivity contribution in [1.82, 2.24) is 4.98 Å². The lowest BCUT2D eigenvalue weighted by atomic mass is 9.99. The molecule has 0 amide bonds. The van der Waals surface area contributed by atoms with E-state index in [1.165, 1.54) is 12.8 Å². The Morgan fingerprint density at radius 2 is 2.07 bits per heavy atom. The average Bonchev–Trinajstić information content (AvgIpc) is 3.49. The van der Waals surface area contributed by atoms with Crippen LogP contribution >= 0.6 is 22.9 Å². The number of hydrogen-bond donors (Lipinski definition) is 1. The molecular formula is C24H26ClFN2OS. The molecule has 1 aliphatic carbocycles. The van der Waals surface area contributed by atoms with Crippen LogP contribution in [-0.2, 0) is 6.67 Å². The Balaban J connectivity index is 1.63. The van der Waals surface area contributed by atoms with Gasteiger partial charge >= 0.3 is 0 Å². The molecule has 3 aromatic rings. The first kappa shape index (κ1) is 21.1. The molecule has 0 radical (unpaired) electrons. The second-order valence-corrected chi connectivity index (χ2v) is 9.35. The topological polar surface area (TPSA) is 34.1 Å². The molecule has 2 aromatic carbocycles. The van der Waals surface area contributed by atoms with Gasteiger partial charge in [-0.15, -0.1) is 11.3 Å². The predicted octanol–water partition coefficient (Wildman–Crippen LogP) is 7.42. The minimum absolute atomic E-state index is 0.0960. The normalized spacial score (nSPS) is 14.5. The van der Waals surface area contributed by atoms with Gasteiger partial charge in [-0.25, -0.2) is 9.37 Å². The summed E-state index contributed by atoms with van der Waals surface area (Å²) in [6.45, 7) is 3.68. The van der Waals surface area contributed by atoms with Crippen molar-refractivity contribution in [3.63, 3.8) is 0 Å². The molecule has 0 aliphatic heterocycles. The van der Waals surface area contributed by atoms with Gasteiger partial charge in [0.2, 0.25) is 0 Å². The van der Waals surface area contributed by atoms with Crippen molar-refractivity contribution in [3.05, 3.63) is 64.0 Å². The highest BCUT2D eigenvalue weighted by atomic mass is 35.5. The van der Waals surface area contributed by atoms with E-state index >= 15 is 0 Å². The highest BCUT2D eigenvalue weighted by Crippen LogP contribution is 2.41. The van der Waals surface area contributed by atoms with E-state index in [-0.39, 0.29) is 12.1 Å². The standard InChI is InChI=1S/C24H26ClFN2OS/c1-15-6-9-22(29-14-25)20(10-15)23-16(2)30-24(28-23)27-21(12-17-7-8-17)19-5-3-4-18(11-19)13-26/h3-6,9-11,17,21H,7-8,12-14H2,1-2H3,(H,27,28)/t21-/m0/s1. The molecule has 1 aromatic heterocycles. The highest BCUT2D eigenvalue weighted by Gasteiger charge is 2.27. The Bertz CT molecular complexity index is 1020. The van der Waals surface area contributed by atoms with Crippen LogP contribution in [0.15, 0.2) is 42.5 Å². The van der Waals surface area contributed by atoms with Crippen LogP contribution in [0, 0.1) is 19.8 Å². The fraction of sp³-hybridized carbons (Fsp3) is 0.375. The first-order chi connectivity index (χ1) is 14.6. The summed E-state index contributed by atoms with van der Waals surface area (Å²) in [4.78, 5) is 6.03. The number of thiazole rings is 1. The highest BCUT2D eigenvalue weighted by molar-refractivity contribution is 7.16. The number of alkyl halides is 2. The lowest BCUT2D eigenvalue weighted by molar-refractivity contribution is 0.389. The van der Waals surface area contributed by atoms with E-state index < -0.39 is 6.67 Å². The second kappa shape index (κ2) is 9.36. The first-order valence-electron chi connectivity index (χ1n) is 10.3. The molecule has 1 N–H and O–H groups in total. The average molecular weight is 445 g/mol. The molecule has 1 saturated carbocycles. The molecule has 0 saturated heterocycles. The summed E-state index contributed by atoms with van der Waals surface area (Å²) in [7, 11) is 0. The monoisotopic (exact) mass is 444 g/mol. The van der Waals surface area contributed by atoms with Gasteiger partial charge in [-0.1, -0.05) is 60.3 Å². The van der Waals surface area contributed by atoms with Crippen LogP contribution in [0.1, 0.15) is 46.9 Å². The Morgan fingerprint density at radius 1 is 1.23 bits per heavy atom. The van der Waals surface area contributed by atoms with Gasteiger partial charge in [0.25, 0.3) is 0 Å². The van der Waals surface area contributed by atoms with Gasteiger partial charge in [0.05, 0.1) is 11.7 Å². The smallest absolute Gasteiger partial charge is 0.183 e. The van der Waals surface area contributed by atoms with E-state index in [0.29, 0.717) is 5.56 Å². The van der Waals surface area contributed by atoms with E-state index in [1.54, 1.807) is 11.3 Å². The number of nitrogens with zero attached hydrogens (tertiary/aromatic N) is 1. The Hall–Kier alpha value is -2.11. The van der Waals surface area contributed by atoms with Crippen LogP contribution in [0.25, 0.3) is 11.3 Å². The van der Waals surface area contributed by atoms with Gasteiger partial charge in [0.15, 0.2) is 11.2 Å². The number of rotatable bonds is 9. The van der Waals surface area contributed by atoms with E-state index in [9.17, 15) is 4.39 Å². The van der Waals surface area contributed by atoms with E-state index in [1.807, 2.05) is 30.3 Å². The number of aryl methyl sites for hydroxylation is 2. The molecule has 30 heavy (non-hydrogen) atoms. The minimum Gasteiger partial charge on any atom is -0.477 e. The molecule has 6 heteroatoms. The van der Waals surface area contributed by atoms with Gasteiger partial charge in [-0.05, 0) is 49.4 Å². The van der Waals surface area contributed by atoms with E-state index in [4.69, 9.17) is 21.3 Å². The Kier molecular flexibility index (Phi) is 6.59. The number of nitrogens with one attached hydrogen (secondary N) is 1. The van der Waals surface area contributed by atoms with Crippen molar-refractivity contribution in [3.8, 4) is 17.0 Å². The van der Waals surface area contributed by atoms with Gasteiger partial charge < -0.3 is 10.1 Å². The Labute approximate surface area is 186 Å². The fourth-order valence-corrected chi connectivity index (χ4v) is 4.73. The lowest BCUT2D eigenvalue weighted by Gasteiger charge is -2.19. The van der Waals surface area contributed by atoms with Crippen LogP contribution < -0.4 is 10.1 Å². The molecule has 1 aliphatic rings. The number of halogens is 2. The van der Waals surface area contributed by atoms with Crippen molar-refractivity contribution < 1.29 is 9.13 Å². The predicted molar refractivity (Wildman–Crippen MR) is 123 cm³/mol. The summed E-state index contributed by atoms with van der Waals surface area (Å²) < 4.78 is 18.8. The quantitative estimate of drug-likeness (QED) is 0.348. The summed E-state index contributed by atoms with van der Waals surface area (Å²) in [5.74, 6) is 1.47. The largest absolute Gasteiger partial charge is 0.477 e. The molecule has 0 spiro atoms. The number of ether oxygens (including phenoxy) is 1. The van der Waals surface area contributed by atoms with Crippen LogP contribution in [-0.4, -0.2) is 11.1 Å². The van der Waals surface area contributed by atoms with E-state index in [0.717, 1.165) is 50.5 Å². The lowest BCUT2D eigenvalue weighted by Crippen LogP contribution is -2.12. The molecule has 4 rings (SSSR count). The molecule has 1 atom stereocenters. The third-order valence-electron chi connectivity index (χ3n) is 5.47. The summed E-state index contributed by atoms with van der Waals surface area (Å²) in [6, 6.07) is 14.1. The maximum atomic E-state index is 13.2. The van der Waals surface area contributed by atoms with Crippen molar-refractivity contribution in [2.75, 3.05) is 11.4 Å². The fourth-order valence-electron chi connectivity index (χ4n) is 3.73. The van der Waals surface area contributed by atoms with Crippen LogP contribution in [0.4, 0.5) is 9.52 Å². The summed E-state index contributed by atoms with van der Waals surface area (Å²) in [5.41, 5.74) is 4.84. The van der Waals surface area contributed by atoms with Crippen LogP contribution in [0.3, 0.4) is 0 Å². The first-order valence-corrected chi connectivity index (χ1v) is 11.6. The third kappa shape index (κ3) is 4.96. The van der Waals surface area contributed by atoms with Crippen molar-refractivity contribution in [2.24, 2.45) is 5.92 Å². The second-order valence-electron chi connectivity index (χ2n) is 7.93. The van der Waals surface area contributed by atoms with Crippen molar-refractivity contribution >= 4 is 28.1 Å². The summed E-state index contributed by atoms with van der Waals surface area (Å²) in [6.07, 6.45) is 3.58. The molecule has 3 nitrogen and oxygen atoms in total. The zero-order chi connectivity index (χ0) is 21.1. The molecule has 0 bridgehead atoms. The minimum atomic E-state index is -0.443. The van der Waals surface area contributed by atoms with Gasteiger partial charge in [-0.3, -0.25) is 0 Å². The zero-order valence-corrected chi connectivity index (χ0v) is 18.8. The Morgan fingerprint density at radius 3 is 2.80 bits per heavy atom. The van der Waals surface area contributed by atoms with Crippen molar-refractivity contribution in [1.29, 1.82) is 0 Å². The number of benzene rings is 2. The molecule has 158 valence electrons. The van der Waals surface area contributed by atoms with Gasteiger partial charge in [0, 0.05) is 10.4 Å². The molecule has 0 unspecified atom stereocenters. The number of hydrogen-bond acceptors (Lipinski definition) is 4. The molecular weight excluding hydrogens is 419 g/mol. The summed E-state index contributed by atoms with van der Waals surface area (Å²) in [5, 5.41) is 4.51. The number of anilines is 1. The SMILES string of the molecule is Cc1ccc(OCCl)c(-c2nc(N[C@@H](CC3CC3)c3cccc(CF)c3)sc2C)c1. The molecule has 1 heterocycles. The van der Waals surface area contributed by atoms with Crippen LogP contribution in [0.2, 0.25) is 0 Å². The third-order valence-corrected chi connectivity index (χ3v) is 6.48. The summed E-state index contributed by atoms with van der Waals surface area (Å²) >= 11 is 7.45. The van der Waals surface area contributed by atoms with Gasteiger partial charge in [-0.2, -0.15) is 0 Å². The molecule has 1 fully saturated rings. The maximum Gasteiger partial charge on any atom is 0.183 e. The van der Waals surface area contributed by atoms with Gasteiger partial charge in [0.1, 0.15) is 12.4 Å². The van der Waals surface area contributed by atoms with Crippen molar-refractivity contribution in [2.45, 2.75) is 45.8 Å². The van der Waals surface area contributed by atoms with Crippen LogP contribution in [0.5, 0.6) is 5.75 Å². The zero-order valence-electron chi connectivity index (χ0n) is 17.3. The number of aromatic nitrogens is 1.